The predicted molar refractivity (Wildman–Crippen MR) is 75.5 cm³/mol. The summed E-state index contributed by atoms with van der Waals surface area (Å²) in [5, 5.41) is 11.6. The van der Waals surface area contributed by atoms with Crippen molar-refractivity contribution in [1.82, 2.24) is 15.2 Å². The molecule has 0 saturated carbocycles. The molecule has 0 unspecified atom stereocenters. The summed E-state index contributed by atoms with van der Waals surface area (Å²) in [5.41, 5.74) is 1.55. The highest BCUT2D eigenvalue weighted by molar-refractivity contribution is 5.87. The highest BCUT2D eigenvalue weighted by Gasteiger charge is 2.11. The summed E-state index contributed by atoms with van der Waals surface area (Å²) in [6.45, 7) is 8.76. The molecular formula is C14H19N3O3. The SMILES string of the molecule is C=C(C)CN(CC)C(=O)NCc1cc(C(=O)O)ccn1. The normalized spacial score (nSPS) is 9.90. The van der Waals surface area contributed by atoms with E-state index in [1.807, 2.05) is 13.8 Å². The van der Waals surface area contributed by atoms with Crippen LogP contribution in [0.25, 0.3) is 0 Å². The maximum atomic E-state index is 11.9. The molecule has 0 aromatic carbocycles. The Bertz CT molecular complexity index is 514. The quantitative estimate of drug-likeness (QED) is 0.778. The second-order valence-electron chi connectivity index (χ2n) is 4.47. The van der Waals surface area contributed by atoms with E-state index in [1.54, 1.807) is 4.90 Å². The zero-order chi connectivity index (χ0) is 15.1. The monoisotopic (exact) mass is 277 g/mol. The van der Waals surface area contributed by atoms with Crippen molar-refractivity contribution in [2.45, 2.75) is 20.4 Å². The van der Waals surface area contributed by atoms with E-state index < -0.39 is 5.97 Å². The van der Waals surface area contributed by atoms with Gasteiger partial charge in [-0.05, 0) is 26.0 Å². The number of carboxylic acid groups (broad SMARTS) is 1. The summed E-state index contributed by atoms with van der Waals surface area (Å²) in [4.78, 5) is 28.4. The van der Waals surface area contributed by atoms with E-state index in [-0.39, 0.29) is 18.1 Å². The molecule has 1 aromatic heterocycles. The molecule has 6 heteroatoms. The first-order chi connectivity index (χ1) is 9.43. The smallest absolute Gasteiger partial charge is 0.335 e. The van der Waals surface area contributed by atoms with Gasteiger partial charge in [0, 0.05) is 19.3 Å². The first-order valence-electron chi connectivity index (χ1n) is 6.29. The van der Waals surface area contributed by atoms with Crippen LogP contribution in [0, 0.1) is 0 Å². The van der Waals surface area contributed by atoms with E-state index in [0.29, 0.717) is 18.8 Å². The van der Waals surface area contributed by atoms with Crippen molar-refractivity contribution < 1.29 is 14.7 Å². The Hall–Kier alpha value is -2.37. The van der Waals surface area contributed by atoms with Gasteiger partial charge in [0.1, 0.15) is 0 Å². The van der Waals surface area contributed by atoms with E-state index in [2.05, 4.69) is 16.9 Å². The lowest BCUT2D eigenvalue weighted by Gasteiger charge is -2.21. The number of aromatic carboxylic acids is 1. The van der Waals surface area contributed by atoms with E-state index in [0.717, 1.165) is 5.57 Å². The van der Waals surface area contributed by atoms with Crippen molar-refractivity contribution in [2.75, 3.05) is 13.1 Å². The minimum atomic E-state index is -1.02. The molecule has 0 aliphatic rings. The van der Waals surface area contributed by atoms with Crippen LogP contribution in [0.15, 0.2) is 30.5 Å². The van der Waals surface area contributed by atoms with Crippen LogP contribution in [0.4, 0.5) is 4.79 Å². The Balaban J connectivity index is 2.62. The van der Waals surface area contributed by atoms with Gasteiger partial charge >= 0.3 is 12.0 Å². The fourth-order valence-corrected chi connectivity index (χ4v) is 1.64. The van der Waals surface area contributed by atoms with Gasteiger partial charge in [-0.25, -0.2) is 9.59 Å². The number of carbonyl (C=O) groups excluding carboxylic acids is 1. The van der Waals surface area contributed by atoms with Crippen LogP contribution in [0.3, 0.4) is 0 Å². The zero-order valence-electron chi connectivity index (χ0n) is 11.7. The first-order valence-corrected chi connectivity index (χ1v) is 6.29. The summed E-state index contributed by atoms with van der Waals surface area (Å²) in [7, 11) is 0. The standard InChI is InChI=1S/C14H19N3O3/c1-4-17(9-10(2)3)14(20)16-8-12-7-11(13(18)19)5-6-15-12/h5-7H,2,4,8-9H2,1,3H3,(H,16,20)(H,18,19). The van der Waals surface area contributed by atoms with Crippen molar-refractivity contribution >= 4 is 12.0 Å². The molecule has 1 rings (SSSR count). The highest BCUT2D eigenvalue weighted by atomic mass is 16.4. The Morgan fingerprint density at radius 3 is 2.75 bits per heavy atom. The molecule has 1 heterocycles. The number of nitrogens with one attached hydrogen (secondary N) is 1. The minimum absolute atomic E-state index is 0.151. The van der Waals surface area contributed by atoms with Crippen LogP contribution in [0.5, 0.6) is 0 Å². The molecule has 2 amide bonds. The van der Waals surface area contributed by atoms with Crippen molar-refractivity contribution in [1.29, 1.82) is 0 Å². The lowest BCUT2D eigenvalue weighted by Crippen LogP contribution is -2.40. The molecular weight excluding hydrogens is 258 g/mol. The number of carboxylic acids is 1. The molecule has 0 fully saturated rings. The third-order valence-corrected chi connectivity index (χ3v) is 2.61. The largest absolute Gasteiger partial charge is 0.478 e. The molecule has 1 aromatic rings. The lowest BCUT2D eigenvalue weighted by molar-refractivity contribution is 0.0696. The van der Waals surface area contributed by atoms with E-state index in [4.69, 9.17) is 5.11 Å². The molecule has 108 valence electrons. The molecule has 0 aliphatic heterocycles. The van der Waals surface area contributed by atoms with E-state index in [1.165, 1.54) is 18.3 Å². The average molecular weight is 277 g/mol. The molecule has 0 bridgehead atoms. The summed E-state index contributed by atoms with van der Waals surface area (Å²) >= 11 is 0. The third kappa shape index (κ3) is 4.72. The first kappa shape index (κ1) is 15.7. The topological polar surface area (TPSA) is 82.5 Å². The van der Waals surface area contributed by atoms with Crippen molar-refractivity contribution in [2.24, 2.45) is 0 Å². The van der Waals surface area contributed by atoms with Gasteiger partial charge in [-0.3, -0.25) is 4.98 Å². The molecule has 0 saturated heterocycles. The Labute approximate surface area is 118 Å². The van der Waals surface area contributed by atoms with Crippen LogP contribution >= 0.6 is 0 Å². The maximum absolute atomic E-state index is 11.9. The van der Waals surface area contributed by atoms with Crippen LogP contribution in [-0.4, -0.2) is 40.1 Å². The summed E-state index contributed by atoms with van der Waals surface area (Å²) in [6, 6.07) is 2.63. The number of likely N-dealkylation sites (N-methyl/N-ethyl adjacent to an activating group) is 1. The number of aromatic nitrogens is 1. The molecule has 0 atom stereocenters. The molecule has 0 aliphatic carbocycles. The summed E-state index contributed by atoms with van der Waals surface area (Å²) in [6.07, 6.45) is 1.41. The van der Waals surface area contributed by atoms with Gasteiger partial charge < -0.3 is 15.3 Å². The number of amides is 2. The van der Waals surface area contributed by atoms with Crippen LogP contribution in [-0.2, 0) is 6.54 Å². The number of urea groups is 1. The van der Waals surface area contributed by atoms with Crippen molar-refractivity contribution in [3.05, 3.63) is 41.7 Å². The Morgan fingerprint density at radius 1 is 1.50 bits per heavy atom. The maximum Gasteiger partial charge on any atom is 0.335 e. The molecule has 0 radical (unpaired) electrons. The minimum Gasteiger partial charge on any atom is -0.478 e. The molecule has 0 spiro atoms. The van der Waals surface area contributed by atoms with Gasteiger partial charge in [-0.15, -0.1) is 0 Å². The van der Waals surface area contributed by atoms with Gasteiger partial charge in [-0.1, -0.05) is 12.2 Å². The summed E-state index contributed by atoms with van der Waals surface area (Å²) in [5.74, 6) is -1.02. The second-order valence-corrected chi connectivity index (χ2v) is 4.47. The number of rotatable bonds is 6. The number of carbonyl (C=O) groups is 2. The fraction of sp³-hybridized carbons (Fsp3) is 0.357. The van der Waals surface area contributed by atoms with Crippen LogP contribution in [0.2, 0.25) is 0 Å². The van der Waals surface area contributed by atoms with Gasteiger partial charge in [0.25, 0.3) is 0 Å². The van der Waals surface area contributed by atoms with Crippen molar-refractivity contribution in [3.63, 3.8) is 0 Å². The van der Waals surface area contributed by atoms with Crippen LogP contribution < -0.4 is 5.32 Å². The predicted octanol–water partition coefficient (Wildman–Crippen LogP) is 1.89. The Morgan fingerprint density at radius 2 is 2.20 bits per heavy atom. The number of hydrogen-bond donors (Lipinski definition) is 2. The fourth-order valence-electron chi connectivity index (χ4n) is 1.64. The Kier molecular flexibility index (Phi) is 5.71. The third-order valence-electron chi connectivity index (χ3n) is 2.61. The van der Waals surface area contributed by atoms with Crippen LogP contribution in [0.1, 0.15) is 29.9 Å². The summed E-state index contributed by atoms with van der Waals surface area (Å²) < 4.78 is 0. The number of hydrogen-bond acceptors (Lipinski definition) is 3. The average Bonchev–Trinajstić information content (AvgIpc) is 2.42. The molecule has 20 heavy (non-hydrogen) atoms. The van der Waals surface area contributed by atoms with Gasteiger partial charge in [0.05, 0.1) is 17.8 Å². The highest BCUT2D eigenvalue weighted by Crippen LogP contribution is 2.02. The molecule has 2 N–H and O–H groups in total. The van der Waals surface area contributed by atoms with E-state index in [9.17, 15) is 9.59 Å². The number of nitrogens with zero attached hydrogens (tertiary/aromatic N) is 2. The number of pyridine rings is 1. The molecule has 6 nitrogen and oxygen atoms in total. The van der Waals surface area contributed by atoms with Gasteiger partial charge in [-0.2, -0.15) is 0 Å². The second kappa shape index (κ2) is 7.28. The zero-order valence-corrected chi connectivity index (χ0v) is 11.7. The lowest BCUT2D eigenvalue weighted by atomic mass is 10.2. The van der Waals surface area contributed by atoms with Gasteiger partial charge in [0.2, 0.25) is 0 Å². The van der Waals surface area contributed by atoms with Gasteiger partial charge in [0.15, 0.2) is 0 Å². The van der Waals surface area contributed by atoms with E-state index >= 15 is 0 Å². The van der Waals surface area contributed by atoms with Crippen molar-refractivity contribution in [3.8, 4) is 0 Å².